The second kappa shape index (κ2) is 10.8. The molecule has 1 aliphatic carbocycles. The topological polar surface area (TPSA) is 95.0 Å². The van der Waals surface area contributed by atoms with Crippen LogP contribution in [0, 0.1) is 6.92 Å². The molecule has 0 unspecified atom stereocenters. The van der Waals surface area contributed by atoms with E-state index in [1.807, 2.05) is 13.8 Å². The summed E-state index contributed by atoms with van der Waals surface area (Å²) in [4.78, 5) is 18.0. The van der Waals surface area contributed by atoms with Crippen molar-refractivity contribution in [3.63, 3.8) is 0 Å². The van der Waals surface area contributed by atoms with Crippen LogP contribution in [0.15, 0.2) is 17.2 Å². The molecule has 9 heteroatoms. The molecule has 32 heavy (non-hydrogen) atoms. The van der Waals surface area contributed by atoms with Gasteiger partial charge in [-0.25, -0.2) is 18.2 Å². The molecular formula is C23H36N2O6S. The first-order valence-corrected chi connectivity index (χ1v) is 13.3. The molecule has 1 aromatic heterocycles. The molecule has 1 amide bonds. The molecule has 1 aromatic rings. The van der Waals surface area contributed by atoms with Crippen LogP contribution < -0.4 is 4.74 Å². The molecule has 1 saturated heterocycles. The van der Waals surface area contributed by atoms with Gasteiger partial charge in [-0.1, -0.05) is 6.92 Å². The van der Waals surface area contributed by atoms with Gasteiger partial charge in [-0.05, 0) is 71.4 Å². The number of hydrogen-bond acceptors (Lipinski definition) is 7. The van der Waals surface area contributed by atoms with Crippen LogP contribution in [0.2, 0.25) is 0 Å². The highest BCUT2D eigenvalue weighted by Gasteiger charge is 2.29. The van der Waals surface area contributed by atoms with Crippen molar-refractivity contribution in [1.82, 2.24) is 9.88 Å². The second-order valence-electron chi connectivity index (χ2n) is 8.91. The van der Waals surface area contributed by atoms with E-state index >= 15 is 0 Å². The summed E-state index contributed by atoms with van der Waals surface area (Å²) in [6.45, 7) is 8.45. The van der Waals surface area contributed by atoms with Crippen LogP contribution in [0.25, 0.3) is 0 Å². The van der Waals surface area contributed by atoms with Gasteiger partial charge in [0.2, 0.25) is 0 Å². The Hall–Kier alpha value is -1.87. The van der Waals surface area contributed by atoms with E-state index in [9.17, 15) is 13.2 Å². The van der Waals surface area contributed by atoms with E-state index in [1.54, 1.807) is 24.8 Å². The van der Waals surface area contributed by atoms with Gasteiger partial charge in [0.1, 0.15) is 5.75 Å². The zero-order chi connectivity index (χ0) is 23.3. The van der Waals surface area contributed by atoms with E-state index in [0.717, 1.165) is 38.5 Å². The molecule has 2 fully saturated rings. The van der Waals surface area contributed by atoms with E-state index in [0.29, 0.717) is 24.5 Å². The van der Waals surface area contributed by atoms with Crippen molar-refractivity contribution in [3.05, 3.63) is 17.8 Å². The molecule has 0 N–H and O–H groups in total. The Bertz CT molecular complexity index is 872. The molecule has 0 bridgehead atoms. The lowest BCUT2D eigenvalue weighted by atomic mass is 9.94. The zero-order valence-corrected chi connectivity index (χ0v) is 20.4. The van der Waals surface area contributed by atoms with Crippen molar-refractivity contribution in [3.8, 4) is 5.75 Å². The first-order chi connectivity index (χ1) is 15.2. The second-order valence-corrected chi connectivity index (χ2v) is 11.1. The lowest BCUT2D eigenvalue weighted by Gasteiger charge is -2.36. The minimum absolute atomic E-state index is 0.0325. The third-order valence-electron chi connectivity index (χ3n) is 6.05. The maximum Gasteiger partial charge on any atom is 0.410 e. The summed E-state index contributed by atoms with van der Waals surface area (Å²) < 4.78 is 41.7. The lowest BCUT2D eigenvalue weighted by molar-refractivity contribution is -0.0657. The number of hydrogen-bond donors (Lipinski definition) is 0. The van der Waals surface area contributed by atoms with Crippen LogP contribution in [-0.4, -0.2) is 67.7 Å². The van der Waals surface area contributed by atoms with Crippen LogP contribution in [0.1, 0.15) is 65.0 Å². The van der Waals surface area contributed by atoms with E-state index in [2.05, 4.69) is 4.98 Å². The molecule has 3 rings (SSSR count). The van der Waals surface area contributed by atoms with Crippen LogP contribution in [-0.2, 0) is 19.3 Å². The largest absolute Gasteiger partial charge is 0.489 e. The molecule has 0 radical (unpaired) electrons. The van der Waals surface area contributed by atoms with Crippen molar-refractivity contribution >= 4 is 15.9 Å². The number of rotatable bonds is 7. The number of aryl methyl sites for hydroxylation is 1. The SMILES string of the molecule is CCS(=O)(=O)c1ccc(O[C@H]2CC[C@H](OC3CCN(C(=O)OC(C)C)CC3)CC2)c(C)n1. The van der Waals surface area contributed by atoms with Crippen LogP contribution >= 0.6 is 0 Å². The van der Waals surface area contributed by atoms with Gasteiger partial charge in [0.25, 0.3) is 0 Å². The summed E-state index contributed by atoms with van der Waals surface area (Å²) in [5, 5.41) is 0.102. The summed E-state index contributed by atoms with van der Waals surface area (Å²) >= 11 is 0. The molecular weight excluding hydrogens is 432 g/mol. The van der Waals surface area contributed by atoms with E-state index in [1.165, 1.54) is 6.07 Å². The van der Waals surface area contributed by atoms with E-state index in [4.69, 9.17) is 14.2 Å². The van der Waals surface area contributed by atoms with Crippen LogP contribution in [0.4, 0.5) is 4.79 Å². The molecule has 180 valence electrons. The highest BCUT2D eigenvalue weighted by molar-refractivity contribution is 7.91. The van der Waals surface area contributed by atoms with Crippen molar-refractivity contribution in [2.45, 2.75) is 95.7 Å². The summed E-state index contributed by atoms with van der Waals surface area (Å²) in [6, 6.07) is 3.24. The first-order valence-electron chi connectivity index (χ1n) is 11.7. The minimum Gasteiger partial charge on any atom is -0.489 e. The third-order valence-corrected chi connectivity index (χ3v) is 7.67. The van der Waals surface area contributed by atoms with Gasteiger partial charge in [-0.3, -0.25) is 0 Å². The summed E-state index contributed by atoms with van der Waals surface area (Å²) in [5.41, 5.74) is 0.598. The number of amides is 1. The molecule has 2 heterocycles. The molecule has 1 aliphatic heterocycles. The first kappa shape index (κ1) is 24.8. The predicted molar refractivity (Wildman–Crippen MR) is 121 cm³/mol. The maximum atomic E-state index is 12.0. The number of likely N-dealkylation sites (tertiary alicyclic amines) is 1. The maximum absolute atomic E-state index is 12.0. The quantitative estimate of drug-likeness (QED) is 0.599. The number of nitrogens with zero attached hydrogens (tertiary/aromatic N) is 2. The molecule has 1 saturated carbocycles. The molecule has 0 aromatic carbocycles. The van der Waals surface area contributed by atoms with Crippen molar-refractivity contribution in [2.24, 2.45) is 0 Å². The zero-order valence-electron chi connectivity index (χ0n) is 19.6. The normalized spacial score (nSPS) is 22.7. The van der Waals surface area contributed by atoms with Crippen LogP contribution in [0.5, 0.6) is 5.75 Å². The monoisotopic (exact) mass is 468 g/mol. The summed E-state index contributed by atoms with van der Waals surface area (Å²) in [5.74, 6) is 0.676. The van der Waals surface area contributed by atoms with Gasteiger partial charge in [-0.15, -0.1) is 0 Å². The molecule has 8 nitrogen and oxygen atoms in total. The number of carbonyl (C=O) groups is 1. The van der Waals surface area contributed by atoms with Crippen molar-refractivity contribution in [2.75, 3.05) is 18.8 Å². The molecule has 0 atom stereocenters. The van der Waals surface area contributed by atoms with E-state index < -0.39 is 9.84 Å². The average molecular weight is 469 g/mol. The average Bonchev–Trinajstić information content (AvgIpc) is 2.76. The molecule has 2 aliphatic rings. The Morgan fingerprint density at radius 2 is 1.66 bits per heavy atom. The Morgan fingerprint density at radius 1 is 1.06 bits per heavy atom. The van der Waals surface area contributed by atoms with Gasteiger partial charge in [0.15, 0.2) is 14.9 Å². The van der Waals surface area contributed by atoms with Crippen LogP contribution in [0.3, 0.4) is 0 Å². The number of aromatic nitrogens is 1. The fourth-order valence-corrected chi connectivity index (χ4v) is 5.01. The predicted octanol–water partition coefficient (Wildman–Crippen LogP) is 3.90. The van der Waals surface area contributed by atoms with Gasteiger partial charge in [-0.2, -0.15) is 0 Å². The van der Waals surface area contributed by atoms with Crippen molar-refractivity contribution < 1.29 is 27.4 Å². The third kappa shape index (κ3) is 6.57. The Balaban J connectivity index is 1.42. The van der Waals surface area contributed by atoms with Gasteiger partial charge in [0.05, 0.1) is 35.9 Å². The number of ether oxygens (including phenoxy) is 3. The number of pyridine rings is 1. The number of piperidine rings is 1. The van der Waals surface area contributed by atoms with Crippen molar-refractivity contribution in [1.29, 1.82) is 0 Å². The number of carbonyl (C=O) groups excluding carboxylic acids is 1. The van der Waals surface area contributed by atoms with E-state index in [-0.39, 0.29) is 41.3 Å². The fraction of sp³-hybridized carbons (Fsp3) is 0.739. The minimum atomic E-state index is -3.32. The Kier molecular flexibility index (Phi) is 8.38. The summed E-state index contributed by atoms with van der Waals surface area (Å²) in [6.07, 6.45) is 5.43. The summed E-state index contributed by atoms with van der Waals surface area (Å²) in [7, 11) is -3.32. The fourth-order valence-electron chi connectivity index (χ4n) is 4.16. The highest BCUT2D eigenvalue weighted by Crippen LogP contribution is 2.29. The Morgan fingerprint density at radius 3 is 2.22 bits per heavy atom. The Labute approximate surface area is 191 Å². The number of sulfone groups is 1. The standard InChI is InChI=1S/C23H36N2O6S/c1-5-32(27,28)22-11-10-21(17(4)24-22)31-19-8-6-18(7-9-19)30-20-12-14-25(15-13-20)23(26)29-16(2)3/h10-11,16,18-20H,5-9,12-15H2,1-4H3/t18-,19-. The van der Waals surface area contributed by atoms with Gasteiger partial charge < -0.3 is 19.1 Å². The van der Waals surface area contributed by atoms with Gasteiger partial charge >= 0.3 is 6.09 Å². The molecule has 0 spiro atoms. The highest BCUT2D eigenvalue weighted by atomic mass is 32.2. The smallest absolute Gasteiger partial charge is 0.410 e. The lowest BCUT2D eigenvalue weighted by Crippen LogP contribution is -2.43. The van der Waals surface area contributed by atoms with Gasteiger partial charge in [0, 0.05) is 13.1 Å².